The zero-order valence-electron chi connectivity index (χ0n) is 29.0. The summed E-state index contributed by atoms with van der Waals surface area (Å²) in [5.74, 6) is 3.54. The highest BCUT2D eigenvalue weighted by molar-refractivity contribution is 6.09. The van der Waals surface area contributed by atoms with Crippen LogP contribution in [0.4, 0.5) is 0 Å². The van der Waals surface area contributed by atoms with Crippen LogP contribution in [-0.4, -0.2) is 26.4 Å². The van der Waals surface area contributed by atoms with Crippen molar-refractivity contribution in [1.29, 1.82) is 0 Å². The van der Waals surface area contributed by atoms with Crippen LogP contribution in [0.25, 0.3) is 44.4 Å². The lowest BCUT2D eigenvalue weighted by atomic mass is 9.87. The van der Waals surface area contributed by atoms with E-state index >= 15 is 0 Å². The Morgan fingerprint density at radius 1 is 0.646 bits per heavy atom. The Bertz CT molecular complexity index is 2280. The van der Waals surface area contributed by atoms with Crippen molar-refractivity contribution in [2.24, 2.45) is 0 Å². The molecule has 3 aromatic heterocycles. The van der Waals surface area contributed by atoms with Gasteiger partial charge in [0.25, 0.3) is 0 Å². The summed E-state index contributed by atoms with van der Waals surface area (Å²) in [7, 11) is 1.67. The highest BCUT2D eigenvalue weighted by Crippen LogP contribution is 2.41. The van der Waals surface area contributed by atoms with Crippen LogP contribution in [0.5, 0.6) is 17.2 Å². The highest BCUT2D eigenvalue weighted by Gasteiger charge is 2.26. The summed E-state index contributed by atoms with van der Waals surface area (Å²) in [6.07, 6.45) is 1.78. The molecule has 48 heavy (non-hydrogen) atoms. The third-order valence-electron chi connectivity index (χ3n) is 9.09. The van der Waals surface area contributed by atoms with Crippen molar-refractivity contribution in [3.8, 4) is 39.9 Å². The topological polar surface area (TPSA) is 54.1 Å². The molecule has 7 rings (SSSR count). The molecule has 0 aliphatic carbocycles. The Hall–Kier alpha value is -5.36. The number of ether oxygens (including phenoxy) is 2. The van der Waals surface area contributed by atoms with Gasteiger partial charge < -0.3 is 9.47 Å². The van der Waals surface area contributed by atoms with Crippen molar-refractivity contribution in [3.63, 3.8) is 0 Å². The van der Waals surface area contributed by atoms with Crippen molar-refractivity contribution in [3.05, 3.63) is 125 Å². The van der Waals surface area contributed by atoms with E-state index in [-0.39, 0.29) is 11.8 Å². The Balaban J connectivity index is 1.33. The van der Waals surface area contributed by atoms with Crippen molar-refractivity contribution < 1.29 is 9.47 Å². The van der Waals surface area contributed by atoms with E-state index in [9.17, 15) is 0 Å². The zero-order chi connectivity index (χ0) is 33.7. The van der Waals surface area contributed by atoms with E-state index in [4.69, 9.17) is 19.6 Å². The first kappa shape index (κ1) is 31.3. The summed E-state index contributed by atoms with van der Waals surface area (Å²) in [6, 6.07) is 31.3. The summed E-state index contributed by atoms with van der Waals surface area (Å²) in [4.78, 5) is 4.70. The van der Waals surface area contributed by atoms with Gasteiger partial charge in [0.1, 0.15) is 23.1 Å². The van der Waals surface area contributed by atoms with Crippen LogP contribution in [0.15, 0.2) is 97.2 Å². The standard InChI is InChI=1S/C42H42N4O2/c1-25(2)41-40(39-28(6)20-27(5)21-29(39)7)42(26(3)4)46(44-41)30-12-11-13-32(22-30)48-33-16-17-35-34-14-9-10-15-36(34)45(37(35)23-33)38-24-31(47-8)18-19-43-38/h9-26H,1-8H3. The molecule has 0 radical (unpaired) electrons. The summed E-state index contributed by atoms with van der Waals surface area (Å²) < 4.78 is 16.4. The monoisotopic (exact) mass is 634 g/mol. The Kier molecular flexibility index (Phi) is 8.04. The molecular formula is C42H42N4O2. The third kappa shape index (κ3) is 5.41. The summed E-state index contributed by atoms with van der Waals surface area (Å²) in [6.45, 7) is 15.6. The number of aromatic nitrogens is 4. The summed E-state index contributed by atoms with van der Waals surface area (Å²) in [5.41, 5.74) is 11.8. The molecule has 0 spiro atoms. The van der Waals surface area contributed by atoms with Gasteiger partial charge in [-0.3, -0.25) is 4.57 Å². The molecule has 0 fully saturated rings. The average molecular weight is 635 g/mol. The van der Waals surface area contributed by atoms with E-state index in [1.807, 2.05) is 30.3 Å². The first-order valence-corrected chi connectivity index (χ1v) is 16.7. The molecule has 3 heterocycles. The molecule has 0 saturated heterocycles. The lowest BCUT2D eigenvalue weighted by Gasteiger charge is -2.18. The number of aryl methyl sites for hydroxylation is 3. The van der Waals surface area contributed by atoms with Gasteiger partial charge >= 0.3 is 0 Å². The van der Waals surface area contributed by atoms with Gasteiger partial charge in [0.2, 0.25) is 0 Å². The Morgan fingerprint density at radius 3 is 2.10 bits per heavy atom. The molecule has 0 aliphatic heterocycles. The van der Waals surface area contributed by atoms with Gasteiger partial charge in [0.05, 0.1) is 35.2 Å². The van der Waals surface area contributed by atoms with Crippen LogP contribution in [0, 0.1) is 20.8 Å². The van der Waals surface area contributed by atoms with Crippen LogP contribution in [0.2, 0.25) is 0 Å². The van der Waals surface area contributed by atoms with Gasteiger partial charge in [-0.05, 0) is 85.7 Å². The van der Waals surface area contributed by atoms with Crippen LogP contribution in [-0.2, 0) is 0 Å². The van der Waals surface area contributed by atoms with Crippen LogP contribution < -0.4 is 9.47 Å². The number of methoxy groups -OCH3 is 1. The fourth-order valence-corrected chi connectivity index (χ4v) is 7.14. The fourth-order valence-electron chi connectivity index (χ4n) is 7.14. The molecule has 0 N–H and O–H groups in total. The van der Waals surface area contributed by atoms with Crippen molar-refractivity contribution in [2.45, 2.75) is 60.3 Å². The maximum Gasteiger partial charge on any atom is 0.141 e. The van der Waals surface area contributed by atoms with Gasteiger partial charge in [-0.2, -0.15) is 5.10 Å². The van der Waals surface area contributed by atoms with E-state index in [0.29, 0.717) is 0 Å². The molecule has 6 heteroatoms. The molecular weight excluding hydrogens is 592 g/mol. The molecule has 0 unspecified atom stereocenters. The van der Waals surface area contributed by atoms with E-state index in [0.717, 1.165) is 56.3 Å². The minimum absolute atomic E-state index is 0.249. The summed E-state index contributed by atoms with van der Waals surface area (Å²) >= 11 is 0. The average Bonchev–Trinajstić information content (AvgIpc) is 3.61. The lowest BCUT2D eigenvalue weighted by Crippen LogP contribution is -2.05. The van der Waals surface area contributed by atoms with E-state index < -0.39 is 0 Å². The molecule has 0 aliphatic rings. The molecule has 242 valence electrons. The number of hydrogen-bond donors (Lipinski definition) is 0. The second kappa shape index (κ2) is 12.3. The predicted octanol–water partition coefficient (Wildman–Crippen LogP) is 11.0. The number of benzene rings is 4. The normalized spacial score (nSPS) is 11.7. The molecule has 0 atom stereocenters. The molecule has 0 amide bonds. The quantitative estimate of drug-likeness (QED) is 0.167. The van der Waals surface area contributed by atoms with Gasteiger partial charge in [0, 0.05) is 40.7 Å². The van der Waals surface area contributed by atoms with Gasteiger partial charge in [0.15, 0.2) is 0 Å². The fraction of sp³-hybridized carbons (Fsp3) is 0.238. The molecule has 0 bridgehead atoms. The van der Waals surface area contributed by atoms with E-state index in [2.05, 4.69) is 118 Å². The van der Waals surface area contributed by atoms with Crippen molar-refractivity contribution >= 4 is 21.8 Å². The number of pyridine rings is 1. The third-order valence-corrected chi connectivity index (χ3v) is 9.09. The number of para-hydroxylation sites is 1. The van der Waals surface area contributed by atoms with Crippen molar-refractivity contribution in [1.82, 2.24) is 19.3 Å². The predicted molar refractivity (Wildman–Crippen MR) is 197 cm³/mol. The molecule has 6 nitrogen and oxygen atoms in total. The molecule has 0 saturated carbocycles. The maximum atomic E-state index is 6.60. The first-order chi connectivity index (χ1) is 23.1. The zero-order valence-corrected chi connectivity index (χ0v) is 29.0. The smallest absolute Gasteiger partial charge is 0.141 e. The van der Waals surface area contributed by atoms with Gasteiger partial charge in [-0.25, -0.2) is 9.67 Å². The largest absolute Gasteiger partial charge is 0.497 e. The lowest BCUT2D eigenvalue weighted by molar-refractivity contribution is 0.414. The molecule has 4 aromatic carbocycles. The highest BCUT2D eigenvalue weighted by atomic mass is 16.5. The van der Waals surface area contributed by atoms with Crippen LogP contribution in [0.3, 0.4) is 0 Å². The second-order valence-corrected chi connectivity index (χ2v) is 13.3. The minimum Gasteiger partial charge on any atom is -0.497 e. The molecule has 7 aromatic rings. The first-order valence-electron chi connectivity index (χ1n) is 16.7. The second-order valence-electron chi connectivity index (χ2n) is 13.3. The van der Waals surface area contributed by atoms with Crippen LogP contribution >= 0.6 is 0 Å². The maximum absolute atomic E-state index is 6.60. The Morgan fingerprint density at radius 2 is 1.38 bits per heavy atom. The number of fused-ring (bicyclic) bond motifs is 3. The van der Waals surface area contributed by atoms with E-state index in [1.165, 1.54) is 33.5 Å². The van der Waals surface area contributed by atoms with Crippen LogP contribution in [0.1, 0.15) is 67.6 Å². The summed E-state index contributed by atoms with van der Waals surface area (Å²) in [5, 5.41) is 7.58. The minimum atomic E-state index is 0.249. The SMILES string of the molecule is COc1ccnc(-n2c3ccccc3c3ccc(Oc4cccc(-n5nc(C(C)C)c(-c6c(C)cc(C)cc6C)c5C(C)C)c4)cc32)c1. The van der Waals surface area contributed by atoms with Crippen molar-refractivity contribution in [2.75, 3.05) is 7.11 Å². The van der Waals surface area contributed by atoms with E-state index in [1.54, 1.807) is 13.3 Å². The van der Waals surface area contributed by atoms with Gasteiger partial charge in [-0.1, -0.05) is 69.7 Å². The number of nitrogens with zero attached hydrogens (tertiary/aromatic N) is 4. The number of hydrogen-bond acceptors (Lipinski definition) is 4. The van der Waals surface area contributed by atoms with Gasteiger partial charge in [-0.15, -0.1) is 0 Å². The number of rotatable bonds is 8. The Labute approximate surface area is 282 Å².